The number of aliphatic hydroxyl groups excluding tert-OH is 1. The Kier molecular flexibility index (Phi) is 20.4. The molecule has 430 valence electrons. The lowest BCUT2D eigenvalue weighted by molar-refractivity contribution is -0.144. The highest BCUT2D eigenvalue weighted by atomic mass is 32.1. The molecule has 6 N–H and O–H groups in total. The summed E-state index contributed by atoms with van der Waals surface area (Å²) in [5.41, 5.74) is 15.1. The van der Waals surface area contributed by atoms with E-state index in [1.54, 1.807) is 48.8 Å². The number of hydrogen-bond acceptors (Lipinski definition) is 17. The molecule has 0 aliphatic carbocycles. The number of aromatic nitrogens is 6. The number of pyridine rings is 1. The minimum Gasteiger partial charge on any atom is -0.497 e. The van der Waals surface area contributed by atoms with Crippen molar-refractivity contribution in [3.05, 3.63) is 119 Å². The van der Waals surface area contributed by atoms with Gasteiger partial charge in [0.2, 0.25) is 29.6 Å². The highest BCUT2D eigenvalue weighted by molar-refractivity contribution is 7.13. The van der Waals surface area contributed by atoms with Crippen LogP contribution >= 0.6 is 11.3 Å². The molecule has 81 heavy (non-hydrogen) atoms. The monoisotopic (exact) mass is 1130 g/mol. The molecule has 1 fully saturated rings. The second kappa shape index (κ2) is 28.0. The van der Waals surface area contributed by atoms with Crippen molar-refractivity contribution in [2.75, 3.05) is 72.7 Å². The number of aryl methyl sites for hydroxylation is 1. The minimum atomic E-state index is -0.950. The number of methoxy groups -OCH3 is 2. The Morgan fingerprint density at radius 1 is 0.802 bits per heavy atom. The quantitative estimate of drug-likeness (QED) is 0.0389. The number of imidazole rings is 1. The molecule has 0 saturated carbocycles. The van der Waals surface area contributed by atoms with Crippen molar-refractivity contribution >= 4 is 52.1 Å². The van der Waals surface area contributed by atoms with Crippen molar-refractivity contribution < 1.29 is 52.7 Å². The average molecular weight is 1130 g/mol. The van der Waals surface area contributed by atoms with Gasteiger partial charge in [0.05, 0.1) is 88.8 Å². The minimum absolute atomic E-state index is 0.00103. The van der Waals surface area contributed by atoms with Crippen LogP contribution < -0.4 is 35.9 Å². The highest BCUT2D eigenvalue weighted by Crippen LogP contribution is 2.32. The molecule has 0 radical (unpaired) electrons. The van der Waals surface area contributed by atoms with Crippen molar-refractivity contribution in [3.63, 3.8) is 0 Å². The summed E-state index contributed by atoms with van der Waals surface area (Å²) < 4.78 is 37.1. The summed E-state index contributed by atoms with van der Waals surface area (Å²) in [7, 11) is 3.23. The predicted octanol–water partition coefficient (Wildman–Crippen LogP) is 5.32. The molecule has 7 aromatic rings. The number of carbonyl (C=O) groups is 4. The number of thiazole rings is 1. The number of carbonyl (C=O) groups excluding carboxylic acids is 4. The van der Waals surface area contributed by atoms with Crippen LogP contribution in [0.3, 0.4) is 0 Å². The summed E-state index contributed by atoms with van der Waals surface area (Å²) in [6.45, 7) is 10.2. The Balaban J connectivity index is 0.679. The number of rotatable bonds is 28. The van der Waals surface area contributed by atoms with Gasteiger partial charge in [-0.05, 0) is 64.9 Å². The lowest BCUT2D eigenvalue weighted by Gasteiger charge is -2.35. The molecule has 4 aromatic heterocycles. The second-order valence-corrected chi connectivity index (χ2v) is 21.4. The molecular weight excluding hydrogens is 1060 g/mol. The van der Waals surface area contributed by atoms with E-state index in [0.717, 1.165) is 49.7 Å². The molecule has 4 amide bonds. The largest absolute Gasteiger partial charge is 0.497 e. The summed E-state index contributed by atoms with van der Waals surface area (Å²) in [5.74, 6) is 0.847. The molecule has 3 aromatic carbocycles. The first kappa shape index (κ1) is 59.2. The van der Waals surface area contributed by atoms with Crippen molar-refractivity contribution in [3.8, 4) is 38.8 Å². The molecule has 3 atom stereocenters. The smallest absolute Gasteiger partial charge is 0.246 e. The van der Waals surface area contributed by atoms with Gasteiger partial charge in [-0.25, -0.2) is 15.0 Å². The van der Waals surface area contributed by atoms with E-state index in [-0.39, 0.29) is 76.6 Å². The predicted molar refractivity (Wildman–Crippen MR) is 304 cm³/mol. The van der Waals surface area contributed by atoms with Crippen LogP contribution in [0.2, 0.25) is 0 Å². The third kappa shape index (κ3) is 16.1. The molecule has 0 spiro atoms. The van der Waals surface area contributed by atoms with E-state index >= 15 is 0 Å². The fourth-order valence-electron chi connectivity index (χ4n) is 9.12. The van der Waals surface area contributed by atoms with Crippen LogP contribution in [0.5, 0.6) is 17.2 Å². The topological polar surface area (TPSA) is 271 Å². The number of benzene rings is 3. The zero-order chi connectivity index (χ0) is 57.5. The van der Waals surface area contributed by atoms with E-state index < -0.39 is 29.5 Å². The first-order chi connectivity index (χ1) is 39.1. The van der Waals surface area contributed by atoms with Gasteiger partial charge in [-0.2, -0.15) is 5.10 Å². The molecule has 0 bridgehead atoms. The maximum Gasteiger partial charge on any atom is 0.246 e. The van der Waals surface area contributed by atoms with Crippen LogP contribution in [0.4, 0.5) is 5.95 Å². The standard InChI is InChI=1S/C58H71N11O11S/c1-37-52(81-36-63-37)41-12-7-38(8-13-41)28-62-55(73)47-27-44(70)33-68(47)56(74)53(58(2,3)4)66-50(71)17-19-77-21-23-79-24-22-78-20-18-60-51(72)34-67-32-43(30-64-67)42-26-46-54(61-29-42)69(57(59)65-46)31-40-11-16-48(49(25-40)76-6)80-35-39-9-14-45(75-5)15-10-39/h7-16,25-26,29-30,32,36,44,47,53,70H,17-24,27-28,31,33-35H2,1-6H3,(H2,59,65)(H,60,72)(H,62,73)(H,66,71)/t44-,47+,53-/m1/s1. The van der Waals surface area contributed by atoms with E-state index in [0.29, 0.717) is 61.5 Å². The number of amides is 4. The molecule has 0 unspecified atom stereocenters. The van der Waals surface area contributed by atoms with Gasteiger partial charge >= 0.3 is 0 Å². The number of nitrogens with one attached hydrogen (secondary N) is 3. The van der Waals surface area contributed by atoms with E-state index in [4.69, 9.17) is 39.1 Å². The lowest BCUT2D eigenvalue weighted by Crippen LogP contribution is -2.57. The van der Waals surface area contributed by atoms with Gasteiger partial charge in [0, 0.05) is 56.0 Å². The zero-order valence-electron chi connectivity index (χ0n) is 46.5. The maximum atomic E-state index is 14.0. The molecule has 1 aliphatic rings. The van der Waals surface area contributed by atoms with Crippen LogP contribution in [-0.4, -0.2) is 148 Å². The van der Waals surface area contributed by atoms with Crippen LogP contribution in [-0.2, 0) is 59.6 Å². The fraction of sp³-hybridized carbons (Fsp3) is 0.414. The Bertz CT molecular complexity index is 3230. The van der Waals surface area contributed by atoms with E-state index in [1.165, 1.54) is 4.90 Å². The number of β-amino-alcohol motifs (C(OH)–C–C–N with tert-alkyl or cyclic N) is 1. The summed E-state index contributed by atoms with van der Waals surface area (Å²) in [6, 6.07) is 21.3. The molecule has 22 nitrogen and oxygen atoms in total. The lowest BCUT2D eigenvalue weighted by atomic mass is 9.85. The number of nitrogen functional groups attached to an aromatic ring is 1. The van der Waals surface area contributed by atoms with Gasteiger partial charge in [-0.15, -0.1) is 11.3 Å². The first-order valence-corrected chi connectivity index (χ1v) is 27.6. The molecule has 1 aliphatic heterocycles. The second-order valence-electron chi connectivity index (χ2n) is 20.6. The summed E-state index contributed by atoms with van der Waals surface area (Å²) >= 11 is 1.57. The Labute approximate surface area is 474 Å². The SMILES string of the molecule is COc1ccc(COc2ccc(Cn3c(N)nc4cc(-c5cnn(CC(=O)NCCOCCOCCOCCC(=O)N[C@H](C(=O)N6C[C@H](O)C[C@H]6C(=O)NCc6ccc(-c7scnc7C)cc6)C(C)(C)C)c5)cnc43)cc2OC)cc1. The molecule has 8 rings (SSSR count). The number of anilines is 1. The van der Waals surface area contributed by atoms with Crippen molar-refractivity contribution in [1.29, 1.82) is 0 Å². The van der Waals surface area contributed by atoms with Crippen LogP contribution in [0.1, 0.15) is 56.0 Å². The summed E-state index contributed by atoms with van der Waals surface area (Å²) in [6.07, 6.45) is 4.37. The Hall–Kier alpha value is -7.96. The summed E-state index contributed by atoms with van der Waals surface area (Å²) in [4.78, 5) is 69.3. The Morgan fingerprint density at radius 2 is 1.52 bits per heavy atom. The van der Waals surface area contributed by atoms with E-state index in [2.05, 4.69) is 31.0 Å². The van der Waals surface area contributed by atoms with Crippen molar-refractivity contribution in [2.24, 2.45) is 5.41 Å². The summed E-state index contributed by atoms with van der Waals surface area (Å²) in [5, 5.41) is 23.6. The molecule has 1 saturated heterocycles. The number of hydrogen-bond donors (Lipinski definition) is 5. The fourth-order valence-corrected chi connectivity index (χ4v) is 9.93. The number of fused-ring (bicyclic) bond motifs is 1. The number of nitrogens with two attached hydrogens (primary N) is 1. The van der Waals surface area contributed by atoms with Gasteiger partial charge < -0.3 is 60.1 Å². The molecule has 23 heteroatoms. The van der Waals surface area contributed by atoms with Crippen molar-refractivity contribution in [1.82, 2.24) is 50.1 Å². The van der Waals surface area contributed by atoms with Crippen LogP contribution in [0.15, 0.2) is 96.9 Å². The highest BCUT2D eigenvalue weighted by Gasteiger charge is 2.44. The van der Waals surface area contributed by atoms with Gasteiger partial charge in [0.25, 0.3) is 0 Å². The van der Waals surface area contributed by atoms with Gasteiger partial charge in [-0.3, -0.25) is 28.4 Å². The number of ether oxygens (including phenoxy) is 6. The number of likely N-dealkylation sites (tertiary alicyclic amines) is 1. The zero-order valence-corrected chi connectivity index (χ0v) is 47.3. The van der Waals surface area contributed by atoms with Gasteiger partial charge in [0.1, 0.15) is 36.5 Å². The van der Waals surface area contributed by atoms with E-state index in [9.17, 15) is 24.3 Å². The molecule has 5 heterocycles. The number of nitrogens with zero attached hydrogens (tertiary/aromatic N) is 7. The van der Waals surface area contributed by atoms with E-state index in [1.807, 2.05) is 111 Å². The van der Waals surface area contributed by atoms with Gasteiger partial charge in [-0.1, -0.05) is 63.2 Å². The molecular formula is C58H71N11O11S. The Morgan fingerprint density at radius 3 is 2.22 bits per heavy atom. The maximum absolute atomic E-state index is 14.0. The average Bonchev–Trinajstić information content (AvgIpc) is 4.41. The first-order valence-electron chi connectivity index (χ1n) is 26.7. The van der Waals surface area contributed by atoms with Crippen LogP contribution in [0.25, 0.3) is 32.7 Å². The van der Waals surface area contributed by atoms with Gasteiger partial charge in [0.15, 0.2) is 17.1 Å². The van der Waals surface area contributed by atoms with Crippen LogP contribution in [0, 0.1) is 12.3 Å². The third-order valence-electron chi connectivity index (χ3n) is 13.5. The van der Waals surface area contributed by atoms with Crippen molar-refractivity contribution in [2.45, 2.75) is 85.0 Å². The normalized spacial score (nSPS) is 14.7. The third-order valence-corrected chi connectivity index (χ3v) is 14.5. The number of aliphatic hydroxyl groups is 1.